The van der Waals surface area contributed by atoms with Crippen LogP contribution in [0.3, 0.4) is 0 Å². The zero-order valence-corrected chi connectivity index (χ0v) is 27.9. The summed E-state index contributed by atoms with van der Waals surface area (Å²) in [6.07, 6.45) is 4.82. The summed E-state index contributed by atoms with van der Waals surface area (Å²) in [6.45, 7) is 6.24. The lowest BCUT2D eigenvalue weighted by atomic mass is 9.79. The minimum atomic E-state index is -0.984. The van der Waals surface area contributed by atoms with Crippen LogP contribution < -0.4 is 16.7 Å². The van der Waals surface area contributed by atoms with Crippen molar-refractivity contribution in [1.82, 2.24) is 29.9 Å². The van der Waals surface area contributed by atoms with E-state index in [9.17, 15) is 14.4 Å². The van der Waals surface area contributed by atoms with Crippen LogP contribution in [0.15, 0.2) is 47.3 Å². The number of H-pyrrole nitrogens is 1. The van der Waals surface area contributed by atoms with E-state index in [1.807, 2.05) is 48.2 Å². The standard InChI is InChI=1S/C35H46ClN7O4/c1-2-24-20-23(21-29(36)31(24)37)22-30(33(44)41-16-10-26(11-17-41)25-8-14-38-15-9-25)47-35(46)42-18-12-28(13-19-42)43-34(45)39-32(40-43)27-6-4-3-5-7-27/h3-7,20-21,25-26,28,30,38H,2,8-19,22,37H2,1H3,(H,39,40,45)/t30-/m1/s1. The maximum absolute atomic E-state index is 14.0. The third-order valence-electron chi connectivity index (χ3n) is 10.3. The number of aryl methyl sites for hydroxylation is 1. The fraction of sp³-hybridized carbons (Fsp3) is 0.543. The van der Waals surface area contributed by atoms with Crippen LogP contribution in [-0.2, 0) is 22.4 Å². The van der Waals surface area contributed by atoms with E-state index >= 15 is 0 Å². The topological polar surface area (TPSA) is 139 Å². The Hall–Kier alpha value is -3.83. The van der Waals surface area contributed by atoms with Crippen LogP contribution in [0.25, 0.3) is 11.4 Å². The SMILES string of the molecule is CCc1cc(C[C@@H](OC(=O)N2CCC(n3nc(-c4ccccc4)[nH]c3=O)CC2)C(=O)N2CCC(C3CCNCC3)CC2)cc(Cl)c1N. The normalized spacial score (nSPS) is 19.1. The summed E-state index contributed by atoms with van der Waals surface area (Å²) in [4.78, 5) is 46.7. The van der Waals surface area contributed by atoms with E-state index < -0.39 is 12.2 Å². The van der Waals surface area contributed by atoms with Crippen molar-refractivity contribution in [3.63, 3.8) is 0 Å². The van der Waals surface area contributed by atoms with Gasteiger partial charge in [-0.15, -0.1) is 5.10 Å². The lowest BCUT2D eigenvalue weighted by Crippen LogP contribution is -2.49. The molecule has 3 fully saturated rings. The number of hydrogen-bond donors (Lipinski definition) is 3. The third kappa shape index (κ3) is 7.67. The molecule has 3 saturated heterocycles. The highest BCUT2D eigenvalue weighted by Crippen LogP contribution is 2.32. The summed E-state index contributed by atoms with van der Waals surface area (Å²) in [6, 6.07) is 13.1. The number of anilines is 1. The molecule has 0 radical (unpaired) electrons. The second-order valence-corrected chi connectivity index (χ2v) is 13.5. The predicted molar refractivity (Wildman–Crippen MR) is 182 cm³/mol. The van der Waals surface area contributed by atoms with Gasteiger partial charge in [0.2, 0.25) is 0 Å². The number of piperidine rings is 3. The van der Waals surface area contributed by atoms with Gasteiger partial charge in [-0.05, 0) is 87.1 Å². The number of rotatable bonds is 8. The highest BCUT2D eigenvalue weighted by molar-refractivity contribution is 6.33. The average Bonchev–Trinajstić information content (AvgIpc) is 3.51. The summed E-state index contributed by atoms with van der Waals surface area (Å²) in [5.74, 6) is 1.68. The van der Waals surface area contributed by atoms with E-state index in [0.29, 0.717) is 73.8 Å². The van der Waals surface area contributed by atoms with Gasteiger partial charge in [-0.2, -0.15) is 0 Å². The fourth-order valence-electron chi connectivity index (χ4n) is 7.45. The average molecular weight is 664 g/mol. The molecule has 2 aromatic carbocycles. The van der Waals surface area contributed by atoms with Crippen molar-refractivity contribution in [1.29, 1.82) is 0 Å². The molecule has 1 atom stereocenters. The number of carbonyl (C=O) groups is 2. The molecule has 2 amide bonds. The van der Waals surface area contributed by atoms with Gasteiger partial charge in [-0.25, -0.2) is 14.3 Å². The number of nitrogens with one attached hydrogen (secondary N) is 2. The highest BCUT2D eigenvalue weighted by Gasteiger charge is 2.35. The molecule has 11 nitrogen and oxygen atoms in total. The van der Waals surface area contributed by atoms with Gasteiger partial charge in [0.1, 0.15) is 0 Å². The van der Waals surface area contributed by atoms with Crippen molar-refractivity contribution in [2.45, 2.75) is 70.4 Å². The van der Waals surface area contributed by atoms with Crippen LogP contribution in [0.4, 0.5) is 10.5 Å². The molecule has 0 spiro atoms. The number of hydrogen-bond acceptors (Lipinski definition) is 7. The number of carbonyl (C=O) groups excluding carboxylic acids is 2. The largest absolute Gasteiger partial charge is 0.436 e. The van der Waals surface area contributed by atoms with Gasteiger partial charge in [0.15, 0.2) is 11.9 Å². The second kappa shape index (κ2) is 14.9. The maximum atomic E-state index is 14.0. The quantitative estimate of drug-likeness (QED) is 0.298. The van der Waals surface area contributed by atoms with Crippen LogP contribution in [0, 0.1) is 11.8 Å². The molecule has 47 heavy (non-hydrogen) atoms. The molecule has 4 N–H and O–H groups in total. The van der Waals surface area contributed by atoms with E-state index in [1.165, 1.54) is 17.5 Å². The summed E-state index contributed by atoms with van der Waals surface area (Å²) >= 11 is 6.47. The number of amides is 2. The number of nitrogen functional groups attached to an aromatic ring is 1. The van der Waals surface area contributed by atoms with Crippen molar-refractivity contribution in [2.75, 3.05) is 45.0 Å². The Bertz CT molecular complexity index is 1590. The van der Waals surface area contributed by atoms with E-state index in [0.717, 1.165) is 42.6 Å². The Morgan fingerprint density at radius 1 is 0.979 bits per heavy atom. The lowest BCUT2D eigenvalue weighted by molar-refractivity contribution is -0.142. The van der Waals surface area contributed by atoms with Crippen molar-refractivity contribution < 1.29 is 14.3 Å². The zero-order valence-electron chi connectivity index (χ0n) is 27.1. The first-order valence-electron chi connectivity index (χ1n) is 17.1. The molecule has 1 aromatic heterocycles. The smallest absolute Gasteiger partial charge is 0.410 e. The van der Waals surface area contributed by atoms with Gasteiger partial charge in [-0.3, -0.25) is 9.78 Å². The molecule has 3 aromatic rings. The van der Waals surface area contributed by atoms with Crippen LogP contribution in [0.2, 0.25) is 5.02 Å². The summed E-state index contributed by atoms with van der Waals surface area (Å²) in [5.41, 5.74) is 9.00. The predicted octanol–water partition coefficient (Wildman–Crippen LogP) is 4.66. The van der Waals surface area contributed by atoms with Crippen LogP contribution in [-0.4, -0.2) is 81.9 Å². The Morgan fingerprint density at radius 2 is 1.64 bits per heavy atom. The van der Waals surface area contributed by atoms with Gasteiger partial charge < -0.3 is 25.6 Å². The second-order valence-electron chi connectivity index (χ2n) is 13.1. The van der Waals surface area contributed by atoms with Gasteiger partial charge in [0.05, 0.1) is 16.8 Å². The van der Waals surface area contributed by atoms with E-state index in [4.69, 9.17) is 22.1 Å². The molecule has 252 valence electrons. The van der Waals surface area contributed by atoms with Gasteiger partial charge in [-0.1, -0.05) is 54.9 Å². The molecule has 4 heterocycles. The zero-order chi connectivity index (χ0) is 32.9. The highest BCUT2D eigenvalue weighted by atomic mass is 35.5. The first-order valence-corrected chi connectivity index (χ1v) is 17.4. The molecule has 0 bridgehead atoms. The maximum Gasteiger partial charge on any atom is 0.410 e. The van der Waals surface area contributed by atoms with Crippen LogP contribution in [0.1, 0.15) is 62.6 Å². The number of halogens is 1. The summed E-state index contributed by atoms with van der Waals surface area (Å²) < 4.78 is 7.53. The Kier molecular flexibility index (Phi) is 10.5. The number of ether oxygens (including phenoxy) is 1. The Morgan fingerprint density at radius 3 is 2.32 bits per heavy atom. The van der Waals surface area contributed by atoms with Crippen molar-refractivity contribution in [2.24, 2.45) is 11.8 Å². The minimum Gasteiger partial charge on any atom is -0.436 e. The molecule has 3 aliphatic rings. The molecule has 6 rings (SSSR count). The summed E-state index contributed by atoms with van der Waals surface area (Å²) in [5, 5.41) is 8.43. The molecule has 0 unspecified atom stereocenters. The molecule has 3 aliphatic heterocycles. The first-order chi connectivity index (χ1) is 22.8. The number of aromatic amines is 1. The Labute approximate surface area is 280 Å². The van der Waals surface area contributed by atoms with E-state index in [2.05, 4.69) is 15.4 Å². The number of likely N-dealkylation sites (tertiary alicyclic amines) is 2. The monoisotopic (exact) mass is 663 g/mol. The molecular weight excluding hydrogens is 618 g/mol. The summed E-state index contributed by atoms with van der Waals surface area (Å²) in [7, 11) is 0. The molecular formula is C35H46ClN7O4. The lowest BCUT2D eigenvalue weighted by Gasteiger charge is -2.39. The minimum absolute atomic E-state index is 0.150. The number of nitrogens with zero attached hydrogens (tertiary/aromatic N) is 4. The van der Waals surface area contributed by atoms with Gasteiger partial charge in [0, 0.05) is 38.2 Å². The van der Waals surface area contributed by atoms with Crippen LogP contribution in [0.5, 0.6) is 0 Å². The first kappa shape index (κ1) is 33.1. The molecule has 0 saturated carbocycles. The van der Waals surface area contributed by atoms with Gasteiger partial charge >= 0.3 is 11.8 Å². The number of aromatic nitrogens is 3. The van der Waals surface area contributed by atoms with Crippen molar-refractivity contribution >= 4 is 29.3 Å². The Balaban J connectivity index is 1.12. The van der Waals surface area contributed by atoms with Crippen molar-refractivity contribution in [3.05, 3.63) is 69.1 Å². The van der Waals surface area contributed by atoms with Gasteiger partial charge in [0.25, 0.3) is 5.91 Å². The van der Waals surface area contributed by atoms with Crippen molar-refractivity contribution in [3.8, 4) is 11.4 Å². The van der Waals surface area contributed by atoms with E-state index in [-0.39, 0.29) is 24.1 Å². The molecule has 12 heteroatoms. The van der Waals surface area contributed by atoms with Crippen LogP contribution >= 0.6 is 11.6 Å². The fourth-order valence-corrected chi connectivity index (χ4v) is 7.71. The molecule has 0 aliphatic carbocycles. The van der Waals surface area contributed by atoms with E-state index in [1.54, 1.807) is 11.0 Å². The number of benzene rings is 2. The third-order valence-corrected chi connectivity index (χ3v) is 10.6. The number of nitrogens with two attached hydrogens (primary N) is 1.